The van der Waals surface area contributed by atoms with Gasteiger partial charge in [-0.3, -0.25) is 0 Å². The summed E-state index contributed by atoms with van der Waals surface area (Å²) < 4.78 is 84.9. The summed E-state index contributed by atoms with van der Waals surface area (Å²) in [5.41, 5.74) is 0. The Morgan fingerprint density at radius 2 is 1.07 bits per heavy atom. The van der Waals surface area contributed by atoms with Gasteiger partial charge in [0.25, 0.3) is 0 Å². The molecule has 0 atom stereocenters. The summed E-state index contributed by atoms with van der Waals surface area (Å²) in [6, 6.07) is 3.91. The van der Waals surface area contributed by atoms with Crippen molar-refractivity contribution in [3.05, 3.63) is 24.9 Å². The average molecular weight is 574 g/mol. The summed E-state index contributed by atoms with van der Waals surface area (Å²) in [5, 5.41) is -0.186. The molecule has 0 aliphatic heterocycles. The third kappa shape index (κ3) is 8.73. The number of ether oxygens (including phenoxy) is 2. The van der Waals surface area contributed by atoms with Gasteiger partial charge in [-0.05, 0) is 41.5 Å². The second-order valence-corrected chi connectivity index (χ2v) is 13.4. The Bertz CT molecular complexity index is 631. The molecule has 0 spiro atoms. The van der Waals surface area contributed by atoms with Crippen molar-refractivity contribution in [2.45, 2.75) is 64.2 Å². The van der Waals surface area contributed by atoms with Crippen LogP contribution in [0.3, 0.4) is 0 Å². The van der Waals surface area contributed by atoms with E-state index in [1.165, 1.54) is 12.1 Å². The molecule has 30 heavy (non-hydrogen) atoms. The van der Waals surface area contributed by atoms with Gasteiger partial charge in [0.2, 0.25) is 0 Å². The van der Waals surface area contributed by atoms with Crippen LogP contribution in [0.5, 0.6) is 11.5 Å². The number of benzene rings is 1. The van der Waals surface area contributed by atoms with Crippen molar-refractivity contribution < 1.29 is 54.0 Å². The molecule has 0 saturated heterocycles. The molecule has 0 amide bonds. The first-order valence-corrected chi connectivity index (χ1v) is 12.6. The minimum atomic E-state index is -4.58. The monoisotopic (exact) mass is 573 g/mol. The van der Waals surface area contributed by atoms with Gasteiger partial charge in [0.15, 0.2) is 13.2 Å². The van der Waals surface area contributed by atoms with E-state index in [0.29, 0.717) is 5.30 Å². The molecule has 178 valence electrons. The van der Waals surface area contributed by atoms with Crippen LogP contribution in [0, 0.1) is 6.66 Å². The standard InChI is InChI=1S/C19H27F6O2P.ClH.Pd/c1-16(2,3)28(7,17(4,5)6)15-9-13(26-11-18(20,21)22)8-14(10-15)27-12-19(23,24)25;;/h8-10H,7,11-12H2,1-6H3;1H;/q;;+2/p-1. The molecule has 0 aliphatic carbocycles. The molecule has 0 saturated carbocycles. The third-order valence-corrected chi connectivity index (χ3v) is 10.1. The number of hydrogen-bond acceptors (Lipinski definition) is 2. The molecule has 0 aromatic heterocycles. The van der Waals surface area contributed by atoms with Crippen LogP contribution in [-0.2, 0) is 18.2 Å². The van der Waals surface area contributed by atoms with E-state index in [9.17, 15) is 26.3 Å². The fourth-order valence-electron chi connectivity index (χ4n) is 3.05. The zero-order valence-electron chi connectivity index (χ0n) is 17.6. The van der Waals surface area contributed by atoms with E-state index in [-0.39, 0.29) is 21.8 Å². The summed E-state index contributed by atoms with van der Waals surface area (Å²) in [7, 11) is 2.14. The predicted octanol–water partition coefficient (Wildman–Crippen LogP) is 7.29. The fraction of sp³-hybridized carbons (Fsp3) is 0.632. The Kier molecular flexibility index (Phi) is 10.5. The van der Waals surface area contributed by atoms with Gasteiger partial charge in [-0.15, -0.1) is 0 Å². The maximum absolute atomic E-state index is 12.5. The Hall–Kier alpha value is -0.218. The second-order valence-electron chi connectivity index (χ2n) is 8.62. The molecule has 0 unspecified atom stereocenters. The maximum atomic E-state index is 12.5. The number of alkyl halides is 6. The van der Waals surface area contributed by atoms with Crippen molar-refractivity contribution in [2.24, 2.45) is 0 Å². The molecule has 1 aromatic carbocycles. The van der Waals surface area contributed by atoms with Crippen molar-refractivity contribution >= 4 is 22.1 Å². The van der Waals surface area contributed by atoms with Crippen LogP contribution in [0.4, 0.5) is 26.3 Å². The summed E-state index contributed by atoms with van der Waals surface area (Å²) in [5.74, 6) is -0.401. The van der Waals surface area contributed by atoms with E-state index in [0.717, 1.165) is 6.07 Å². The van der Waals surface area contributed by atoms with Crippen molar-refractivity contribution in [1.29, 1.82) is 0 Å². The molecule has 1 aromatic rings. The van der Waals surface area contributed by atoms with Crippen LogP contribution in [0.2, 0.25) is 0 Å². The van der Waals surface area contributed by atoms with E-state index in [1.807, 2.05) is 41.5 Å². The van der Waals surface area contributed by atoms with Crippen LogP contribution in [-0.4, -0.2) is 35.9 Å². The Morgan fingerprint density at radius 3 is 1.30 bits per heavy atom. The summed E-state index contributed by atoms with van der Waals surface area (Å²) >= 11 is 2.22. The average Bonchev–Trinajstić information content (AvgIpc) is 2.56. The SMILES string of the molecule is [CH2-][P+](c1cc(OCC(F)(F)F)cc(OCC(F)(F)F)c1)(C(C)(C)C)C(C)(C)C.[Cl][Pd+]. The van der Waals surface area contributed by atoms with E-state index >= 15 is 0 Å². The zero-order chi connectivity index (χ0) is 24.2. The van der Waals surface area contributed by atoms with Crippen LogP contribution >= 0.6 is 16.8 Å². The molecule has 0 N–H and O–H groups in total. The van der Waals surface area contributed by atoms with E-state index in [1.54, 1.807) is 0 Å². The van der Waals surface area contributed by atoms with Crippen LogP contribution < -0.4 is 14.8 Å². The van der Waals surface area contributed by atoms with E-state index in [2.05, 4.69) is 34.4 Å². The first-order chi connectivity index (χ1) is 13.3. The van der Waals surface area contributed by atoms with Crippen LogP contribution in [0.1, 0.15) is 41.5 Å². The van der Waals surface area contributed by atoms with Gasteiger partial charge in [-0.25, -0.2) is 0 Å². The number of halogens is 7. The number of hydrogen-bond donors (Lipinski definition) is 0. The molecule has 0 aliphatic rings. The van der Waals surface area contributed by atoms with Gasteiger partial charge >= 0.3 is 40.1 Å². The minimum absolute atomic E-state index is 0.200. The van der Waals surface area contributed by atoms with Crippen LogP contribution in [0.25, 0.3) is 0 Å². The van der Waals surface area contributed by atoms with Gasteiger partial charge in [0.1, 0.15) is 11.5 Å². The first kappa shape index (κ1) is 29.8. The topological polar surface area (TPSA) is 18.5 Å². The van der Waals surface area contributed by atoms with Crippen molar-refractivity contribution in [3.63, 3.8) is 0 Å². The molecule has 0 radical (unpaired) electrons. The zero-order valence-corrected chi connectivity index (χ0v) is 20.8. The number of rotatable bonds is 5. The molecule has 2 nitrogen and oxygen atoms in total. The van der Waals surface area contributed by atoms with Crippen molar-refractivity contribution in [2.75, 3.05) is 13.2 Å². The van der Waals surface area contributed by atoms with Crippen molar-refractivity contribution in [1.82, 2.24) is 0 Å². The predicted molar refractivity (Wildman–Crippen MR) is 107 cm³/mol. The van der Waals surface area contributed by atoms with E-state index in [4.69, 9.17) is 9.47 Å². The van der Waals surface area contributed by atoms with Gasteiger partial charge in [-0.2, -0.15) is 33.0 Å². The molecular weight excluding hydrogens is 547 g/mol. The first-order valence-electron chi connectivity index (χ1n) is 8.67. The van der Waals surface area contributed by atoms with Gasteiger partial charge < -0.3 is 9.47 Å². The summed E-state index contributed by atoms with van der Waals surface area (Å²) in [6.45, 7) is 13.1. The molecule has 1 rings (SSSR count). The quantitative estimate of drug-likeness (QED) is 0.159. The summed E-state index contributed by atoms with van der Waals surface area (Å²) in [6.07, 6.45) is -9.15. The van der Waals surface area contributed by atoms with Gasteiger partial charge in [0, 0.05) is 18.2 Å². The van der Waals surface area contributed by atoms with Crippen LogP contribution in [0.15, 0.2) is 18.2 Å². The molecule has 0 bridgehead atoms. The molecular formula is C19H27ClF6O2PPd+. The molecule has 11 heteroatoms. The third-order valence-electron chi connectivity index (χ3n) is 4.40. The fourth-order valence-corrected chi connectivity index (χ4v) is 7.31. The van der Waals surface area contributed by atoms with Crippen molar-refractivity contribution in [3.8, 4) is 11.5 Å². The Morgan fingerprint density at radius 1 is 0.767 bits per heavy atom. The second kappa shape index (κ2) is 10.6. The molecule has 0 fully saturated rings. The summed E-state index contributed by atoms with van der Waals surface area (Å²) in [4.78, 5) is 0. The van der Waals surface area contributed by atoms with E-state index < -0.39 is 32.8 Å². The normalized spacial score (nSPS) is 13.5. The van der Waals surface area contributed by atoms with Gasteiger partial charge in [-0.1, -0.05) is 7.26 Å². The molecule has 0 heterocycles. The Balaban J connectivity index is 0.00000407. The Labute approximate surface area is 189 Å². The van der Waals surface area contributed by atoms with Gasteiger partial charge in [0.05, 0.1) is 15.6 Å².